The molecule has 0 spiro atoms. The molecule has 3 aromatic rings. The lowest BCUT2D eigenvalue weighted by Gasteiger charge is -2.36. The number of fused-ring (bicyclic) bond motifs is 1. The van der Waals surface area contributed by atoms with E-state index in [0.29, 0.717) is 24.5 Å². The zero-order valence-electron chi connectivity index (χ0n) is 27.4. The molecule has 0 bridgehead atoms. The third-order valence-electron chi connectivity index (χ3n) is 8.63. The number of ether oxygens (including phenoxy) is 2. The second-order valence-electron chi connectivity index (χ2n) is 12.3. The number of allylic oxidation sites excluding steroid dienone is 1. The second-order valence-corrected chi connectivity index (χ2v) is 13.3. The number of nitrogens with one attached hydrogen (secondary N) is 2. The molecular formula is C38H43N3O7S. The van der Waals surface area contributed by atoms with Crippen LogP contribution in [-0.4, -0.2) is 71.0 Å². The fraction of sp³-hybridized carbons (Fsp3) is 0.368. The van der Waals surface area contributed by atoms with E-state index in [0.717, 1.165) is 22.3 Å². The highest BCUT2D eigenvalue weighted by atomic mass is 32.2. The molecule has 2 heterocycles. The Morgan fingerprint density at radius 2 is 1.59 bits per heavy atom. The summed E-state index contributed by atoms with van der Waals surface area (Å²) < 4.78 is 11.0. The molecule has 4 atom stereocenters. The number of hydrogen-bond donors (Lipinski definition) is 3. The van der Waals surface area contributed by atoms with Gasteiger partial charge in [0.25, 0.3) is 0 Å². The third kappa shape index (κ3) is 10.7. The van der Waals surface area contributed by atoms with Crippen LogP contribution in [0.1, 0.15) is 41.5 Å². The van der Waals surface area contributed by atoms with E-state index in [9.17, 15) is 24.3 Å². The van der Waals surface area contributed by atoms with E-state index in [4.69, 9.17) is 9.47 Å². The van der Waals surface area contributed by atoms with Crippen LogP contribution in [0.4, 0.5) is 4.79 Å². The smallest absolute Gasteiger partial charge is 0.408 e. The molecule has 5 rings (SSSR count). The van der Waals surface area contributed by atoms with Gasteiger partial charge in [0, 0.05) is 24.5 Å². The standard InChI is InChI=1S/C38H43N3O7S/c42-22-33-19-29-15-7-8-17-31(29)21-41(33)35(43)20-30-16-9-10-18-34(40-38(46)48-23-27-11-3-1-4-12-27)37(45)47-24-32(39-36(30)44)26-49-25-28-13-5-2-6-14-28/h1-15,17,30,32-34,42H,16,18-26H2,(H,39,44)(H,40,46). The molecule has 0 aromatic heterocycles. The monoisotopic (exact) mass is 685 g/mol. The van der Waals surface area contributed by atoms with Gasteiger partial charge in [-0.15, -0.1) is 0 Å². The Morgan fingerprint density at radius 3 is 2.33 bits per heavy atom. The number of amides is 3. The predicted octanol–water partition coefficient (Wildman–Crippen LogP) is 4.54. The Hall–Kier alpha value is -4.61. The number of rotatable bonds is 10. The van der Waals surface area contributed by atoms with Gasteiger partial charge in [0.05, 0.1) is 24.6 Å². The van der Waals surface area contributed by atoms with Gasteiger partial charge in [-0.2, -0.15) is 11.8 Å². The summed E-state index contributed by atoms with van der Waals surface area (Å²) in [5.74, 6) is -0.701. The number of esters is 1. The van der Waals surface area contributed by atoms with Crippen molar-refractivity contribution in [2.24, 2.45) is 5.92 Å². The van der Waals surface area contributed by atoms with E-state index in [2.05, 4.69) is 10.6 Å². The van der Waals surface area contributed by atoms with Crippen LogP contribution in [-0.2, 0) is 49.2 Å². The van der Waals surface area contributed by atoms with Crippen LogP contribution in [0.5, 0.6) is 0 Å². The summed E-state index contributed by atoms with van der Waals surface area (Å²) in [6, 6.07) is 25.1. The van der Waals surface area contributed by atoms with Gasteiger partial charge in [-0.25, -0.2) is 9.59 Å². The first-order chi connectivity index (χ1) is 23.9. The molecule has 258 valence electrons. The van der Waals surface area contributed by atoms with Crippen molar-refractivity contribution in [3.8, 4) is 0 Å². The van der Waals surface area contributed by atoms with Crippen LogP contribution in [0.15, 0.2) is 97.1 Å². The van der Waals surface area contributed by atoms with Crippen molar-refractivity contribution in [1.82, 2.24) is 15.5 Å². The summed E-state index contributed by atoms with van der Waals surface area (Å²) >= 11 is 1.59. The molecule has 3 aromatic carbocycles. The fourth-order valence-electron chi connectivity index (χ4n) is 5.89. The molecule has 4 unspecified atom stereocenters. The van der Waals surface area contributed by atoms with Crippen molar-refractivity contribution in [3.05, 3.63) is 119 Å². The minimum Gasteiger partial charge on any atom is -0.462 e. The minimum absolute atomic E-state index is 0.0481. The number of benzene rings is 3. The molecule has 3 N–H and O–H groups in total. The highest BCUT2D eigenvalue weighted by Crippen LogP contribution is 2.26. The number of carbonyl (C=O) groups is 4. The molecule has 11 heteroatoms. The molecule has 0 fully saturated rings. The predicted molar refractivity (Wildman–Crippen MR) is 187 cm³/mol. The largest absolute Gasteiger partial charge is 0.462 e. The Morgan fingerprint density at radius 1 is 0.918 bits per heavy atom. The lowest BCUT2D eigenvalue weighted by Crippen LogP contribution is -2.49. The maximum Gasteiger partial charge on any atom is 0.408 e. The zero-order chi connectivity index (χ0) is 34.4. The fourth-order valence-corrected chi connectivity index (χ4v) is 6.90. The lowest BCUT2D eigenvalue weighted by atomic mass is 9.92. The normalized spacial score (nSPS) is 21.3. The van der Waals surface area contributed by atoms with E-state index in [1.165, 1.54) is 0 Å². The molecule has 0 saturated carbocycles. The van der Waals surface area contributed by atoms with E-state index in [1.807, 2.05) is 84.9 Å². The first kappa shape index (κ1) is 35.7. The number of nitrogens with zero attached hydrogens (tertiary/aromatic N) is 1. The molecule has 2 aliphatic rings. The Bertz CT molecular complexity index is 1590. The molecule has 49 heavy (non-hydrogen) atoms. The maximum absolute atomic E-state index is 13.7. The third-order valence-corrected chi connectivity index (χ3v) is 9.81. The number of hydrogen-bond acceptors (Lipinski definition) is 8. The van der Waals surface area contributed by atoms with Gasteiger partial charge in [0.15, 0.2) is 0 Å². The van der Waals surface area contributed by atoms with Crippen LogP contribution in [0.2, 0.25) is 0 Å². The number of alkyl carbamates (subject to hydrolysis) is 1. The number of carbonyl (C=O) groups excluding carboxylic acids is 4. The van der Waals surface area contributed by atoms with Gasteiger partial charge in [-0.3, -0.25) is 9.59 Å². The van der Waals surface area contributed by atoms with Crippen molar-refractivity contribution >= 4 is 35.6 Å². The van der Waals surface area contributed by atoms with E-state index in [-0.39, 0.29) is 56.9 Å². The molecule has 3 amide bonds. The summed E-state index contributed by atoms with van der Waals surface area (Å²) in [5, 5.41) is 15.8. The molecule has 0 radical (unpaired) electrons. The van der Waals surface area contributed by atoms with Gasteiger partial charge in [0.2, 0.25) is 11.8 Å². The van der Waals surface area contributed by atoms with Gasteiger partial charge >= 0.3 is 12.1 Å². The minimum atomic E-state index is -1.01. The van der Waals surface area contributed by atoms with Crippen LogP contribution < -0.4 is 10.6 Å². The van der Waals surface area contributed by atoms with Crippen molar-refractivity contribution in [2.75, 3.05) is 19.0 Å². The average Bonchev–Trinajstić information content (AvgIpc) is 3.13. The quantitative estimate of drug-likeness (QED) is 0.209. The molecule has 2 aliphatic heterocycles. The number of thioether (sulfide) groups is 1. The number of aliphatic hydroxyl groups is 1. The van der Waals surface area contributed by atoms with Crippen molar-refractivity contribution in [2.45, 2.75) is 62.7 Å². The average molecular weight is 686 g/mol. The Kier molecular flexibility index (Phi) is 13.3. The van der Waals surface area contributed by atoms with E-state index < -0.39 is 30.1 Å². The topological polar surface area (TPSA) is 134 Å². The second kappa shape index (κ2) is 18.2. The summed E-state index contributed by atoms with van der Waals surface area (Å²) in [6.07, 6.45) is 3.57. The highest BCUT2D eigenvalue weighted by molar-refractivity contribution is 7.98. The van der Waals surface area contributed by atoms with Gasteiger partial charge in [-0.1, -0.05) is 97.1 Å². The first-order valence-corrected chi connectivity index (χ1v) is 17.7. The summed E-state index contributed by atoms with van der Waals surface area (Å²) in [7, 11) is 0. The maximum atomic E-state index is 13.7. The first-order valence-electron chi connectivity index (χ1n) is 16.6. The van der Waals surface area contributed by atoms with Crippen molar-refractivity contribution in [1.29, 1.82) is 0 Å². The zero-order valence-corrected chi connectivity index (χ0v) is 28.2. The van der Waals surface area contributed by atoms with Crippen molar-refractivity contribution in [3.63, 3.8) is 0 Å². The van der Waals surface area contributed by atoms with Crippen LogP contribution >= 0.6 is 11.8 Å². The SMILES string of the molecule is O=C(NC1CC=CCC(CC(=O)N2Cc3ccccc3CC2CO)C(=O)NC(CSCc2ccccc2)COC1=O)OCc1ccccc1. The number of cyclic esters (lactones) is 1. The Balaban J connectivity index is 1.28. The van der Waals surface area contributed by atoms with Crippen LogP contribution in [0.3, 0.4) is 0 Å². The molecule has 10 nitrogen and oxygen atoms in total. The molecule has 0 saturated heterocycles. The number of aliphatic hydroxyl groups excluding tert-OH is 1. The summed E-state index contributed by atoms with van der Waals surface area (Å²) in [6.45, 7) is 0.133. The van der Waals surface area contributed by atoms with E-state index >= 15 is 0 Å². The highest BCUT2D eigenvalue weighted by Gasteiger charge is 2.33. The lowest BCUT2D eigenvalue weighted by molar-refractivity contribution is -0.147. The van der Waals surface area contributed by atoms with Crippen LogP contribution in [0, 0.1) is 5.92 Å². The van der Waals surface area contributed by atoms with Crippen molar-refractivity contribution < 1.29 is 33.8 Å². The van der Waals surface area contributed by atoms with Gasteiger partial charge in [-0.05, 0) is 41.5 Å². The van der Waals surface area contributed by atoms with Gasteiger partial charge < -0.3 is 30.1 Å². The van der Waals surface area contributed by atoms with E-state index in [1.54, 1.807) is 28.8 Å². The Labute approximate surface area is 291 Å². The van der Waals surface area contributed by atoms with Gasteiger partial charge in [0.1, 0.15) is 19.3 Å². The van der Waals surface area contributed by atoms with Crippen LogP contribution in [0.25, 0.3) is 0 Å². The summed E-state index contributed by atoms with van der Waals surface area (Å²) in [4.78, 5) is 55.0. The molecule has 0 aliphatic carbocycles. The summed E-state index contributed by atoms with van der Waals surface area (Å²) in [5.41, 5.74) is 4.07. The molecular weight excluding hydrogens is 642 g/mol.